The first-order chi connectivity index (χ1) is 3.84. The van der Waals surface area contributed by atoms with Gasteiger partial charge in [-0.3, -0.25) is 5.21 Å². The Hall–Kier alpha value is -0.850. The number of hydroxylamine groups is 1. The van der Waals surface area contributed by atoms with Crippen molar-refractivity contribution in [2.75, 3.05) is 7.05 Å². The summed E-state index contributed by atoms with van der Waals surface area (Å²) in [4.78, 5) is 0. The van der Waals surface area contributed by atoms with Crippen molar-refractivity contribution in [3.8, 4) is 0 Å². The molecule has 0 spiro atoms. The van der Waals surface area contributed by atoms with Crippen molar-refractivity contribution in [1.82, 2.24) is 21.4 Å². The van der Waals surface area contributed by atoms with Crippen LogP contribution < -0.4 is 11.0 Å². The van der Waals surface area contributed by atoms with Gasteiger partial charge in [-0.15, -0.1) is 10.3 Å². The SMILES string of the molecule is CNN1NN=CN1O. The molecular formula is C2H7N5O. The number of rotatable bonds is 1. The van der Waals surface area contributed by atoms with Crippen molar-refractivity contribution in [1.29, 1.82) is 0 Å². The normalized spacial score (nSPS) is 19.5. The lowest BCUT2D eigenvalue weighted by molar-refractivity contribution is -0.214. The fourth-order valence-electron chi connectivity index (χ4n) is 0.382. The number of hydrogen-bond acceptors (Lipinski definition) is 6. The minimum atomic E-state index is 0.778. The quantitative estimate of drug-likeness (QED) is 0.390. The molecule has 0 saturated carbocycles. The van der Waals surface area contributed by atoms with Crippen LogP contribution in [-0.4, -0.2) is 29.0 Å². The summed E-state index contributed by atoms with van der Waals surface area (Å²) in [5, 5.41) is 14.1. The molecule has 6 nitrogen and oxygen atoms in total. The third kappa shape index (κ3) is 0.713. The molecule has 0 saturated heterocycles. The lowest BCUT2D eigenvalue weighted by Gasteiger charge is -2.17. The Balaban J connectivity index is 2.38. The summed E-state index contributed by atoms with van der Waals surface area (Å²) < 4.78 is 0. The molecule has 46 valence electrons. The van der Waals surface area contributed by atoms with Crippen LogP contribution in [-0.2, 0) is 0 Å². The van der Waals surface area contributed by atoms with Crippen molar-refractivity contribution in [2.45, 2.75) is 0 Å². The first kappa shape index (κ1) is 5.29. The molecule has 0 unspecified atom stereocenters. The van der Waals surface area contributed by atoms with E-state index in [1.54, 1.807) is 7.05 Å². The molecule has 6 heteroatoms. The molecule has 1 aliphatic rings. The smallest absolute Gasteiger partial charge is 0.159 e. The van der Waals surface area contributed by atoms with Gasteiger partial charge in [-0.2, -0.15) is 0 Å². The average Bonchev–Trinajstić information content (AvgIpc) is 2.14. The number of nitrogens with zero attached hydrogens (tertiary/aromatic N) is 3. The van der Waals surface area contributed by atoms with E-state index in [4.69, 9.17) is 5.21 Å². The molecule has 0 aromatic heterocycles. The highest BCUT2D eigenvalue weighted by molar-refractivity contribution is 5.52. The van der Waals surface area contributed by atoms with E-state index in [1.807, 2.05) is 0 Å². The van der Waals surface area contributed by atoms with Gasteiger partial charge in [0.05, 0.1) is 0 Å². The largest absolute Gasteiger partial charge is 0.269 e. The summed E-state index contributed by atoms with van der Waals surface area (Å²) in [6, 6.07) is 0. The van der Waals surface area contributed by atoms with Crippen LogP contribution in [0.2, 0.25) is 0 Å². The van der Waals surface area contributed by atoms with E-state index in [0.29, 0.717) is 0 Å². The molecule has 0 atom stereocenters. The van der Waals surface area contributed by atoms with Gasteiger partial charge in [0.25, 0.3) is 0 Å². The van der Waals surface area contributed by atoms with Gasteiger partial charge in [-0.25, -0.2) is 11.0 Å². The van der Waals surface area contributed by atoms with Crippen LogP contribution in [0.3, 0.4) is 0 Å². The standard InChI is InChI=1S/C2H7N5O/c1-3-7-5-4-2-6(7)8/h2-3,5,8H,1H3. The summed E-state index contributed by atoms with van der Waals surface area (Å²) in [6.45, 7) is 0. The van der Waals surface area contributed by atoms with E-state index in [9.17, 15) is 0 Å². The van der Waals surface area contributed by atoms with Crippen LogP contribution in [0.15, 0.2) is 5.10 Å². The van der Waals surface area contributed by atoms with Gasteiger partial charge < -0.3 is 0 Å². The molecule has 0 aliphatic carbocycles. The fourth-order valence-corrected chi connectivity index (χ4v) is 0.382. The van der Waals surface area contributed by atoms with Crippen molar-refractivity contribution in [3.63, 3.8) is 0 Å². The Morgan fingerprint density at radius 1 is 1.88 bits per heavy atom. The summed E-state index contributed by atoms with van der Waals surface area (Å²) in [7, 11) is 1.64. The number of hydrogen-bond donors (Lipinski definition) is 3. The number of hydrazone groups is 1. The van der Waals surface area contributed by atoms with Crippen molar-refractivity contribution < 1.29 is 5.21 Å². The highest BCUT2D eigenvalue weighted by atomic mass is 16.6. The molecule has 3 N–H and O–H groups in total. The molecule has 0 fully saturated rings. The molecule has 0 aromatic carbocycles. The molecule has 1 aliphatic heterocycles. The third-order valence-electron chi connectivity index (χ3n) is 0.730. The lowest BCUT2D eigenvalue weighted by atomic mass is 11.3. The Morgan fingerprint density at radius 2 is 2.62 bits per heavy atom. The van der Waals surface area contributed by atoms with Gasteiger partial charge in [0, 0.05) is 7.05 Å². The third-order valence-corrected chi connectivity index (χ3v) is 0.730. The van der Waals surface area contributed by atoms with Crippen LogP contribution in [0, 0.1) is 0 Å². The second-order valence-corrected chi connectivity index (χ2v) is 1.20. The summed E-state index contributed by atoms with van der Waals surface area (Å²) in [6.07, 6.45) is 1.22. The van der Waals surface area contributed by atoms with Gasteiger partial charge in [-0.05, 0) is 5.23 Å². The van der Waals surface area contributed by atoms with Gasteiger partial charge >= 0.3 is 0 Å². The molecule has 0 bridgehead atoms. The predicted octanol–water partition coefficient (Wildman–Crippen LogP) is -1.51. The zero-order chi connectivity index (χ0) is 5.98. The number of nitrogens with one attached hydrogen (secondary N) is 2. The predicted molar refractivity (Wildman–Crippen MR) is 26.2 cm³/mol. The Kier molecular flexibility index (Phi) is 1.29. The van der Waals surface area contributed by atoms with Crippen LogP contribution in [0.1, 0.15) is 0 Å². The lowest BCUT2D eigenvalue weighted by Crippen LogP contribution is -2.48. The summed E-state index contributed by atoms with van der Waals surface area (Å²) >= 11 is 0. The van der Waals surface area contributed by atoms with E-state index in [2.05, 4.69) is 16.1 Å². The molecule has 1 rings (SSSR count). The van der Waals surface area contributed by atoms with E-state index >= 15 is 0 Å². The summed E-state index contributed by atoms with van der Waals surface area (Å²) in [5.74, 6) is 0. The zero-order valence-electron chi connectivity index (χ0n) is 4.37. The van der Waals surface area contributed by atoms with Crippen LogP contribution in [0.25, 0.3) is 0 Å². The van der Waals surface area contributed by atoms with Gasteiger partial charge in [0.2, 0.25) is 0 Å². The topological polar surface area (TPSA) is 63.1 Å². The number of hydrazine groups is 3. The maximum absolute atomic E-state index is 8.67. The molecule has 8 heavy (non-hydrogen) atoms. The van der Waals surface area contributed by atoms with E-state index in [0.717, 1.165) is 5.17 Å². The molecule has 0 radical (unpaired) electrons. The Morgan fingerprint density at radius 3 is 2.88 bits per heavy atom. The minimum Gasteiger partial charge on any atom is -0.269 e. The molecule has 0 amide bonds. The Bertz CT molecular complexity index is 103. The van der Waals surface area contributed by atoms with Crippen LogP contribution in [0.5, 0.6) is 0 Å². The van der Waals surface area contributed by atoms with Crippen LogP contribution >= 0.6 is 0 Å². The van der Waals surface area contributed by atoms with E-state index in [1.165, 1.54) is 11.6 Å². The second-order valence-electron chi connectivity index (χ2n) is 1.20. The molecule has 1 heterocycles. The monoisotopic (exact) mass is 117 g/mol. The van der Waals surface area contributed by atoms with Crippen molar-refractivity contribution in [3.05, 3.63) is 0 Å². The second kappa shape index (κ2) is 1.95. The highest BCUT2D eigenvalue weighted by Crippen LogP contribution is 1.85. The van der Waals surface area contributed by atoms with Gasteiger partial charge in [0.15, 0.2) is 6.34 Å². The van der Waals surface area contributed by atoms with Crippen molar-refractivity contribution >= 4 is 6.34 Å². The maximum atomic E-state index is 8.67. The average molecular weight is 117 g/mol. The summed E-state index contributed by atoms with van der Waals surface area (Å²) in [5.41, 5.74) is 5.01. The highest BCUT2D eigenvalue weighted by Gasteiger charge is 2.10. The maximum Gasteiger partial charge on any atom is 0.159 e. The zero-order valence-corrected chi connectivity index (χ0v) is 4.37. The van der Waals surface area contributed by atoms with Gasteiger partial charge in [-0.1, -0.05) is 0 Å². The first-order valence-corrected chi connectivity index (χ1v) is 2.09. The van der Waals surface area contributed by atoms with Crippen molar-refractivity contribution in [2.24, 2.45) is 5.10 Å². The fraction of sp³-hybridized carbons (Fsp3) is 0.500. The van der Waals surface area contributed by atoms with E-state index in [-0.39, 0.29) is 0 Å². The molecular weight excluding hydrogens is 110 g/mol. The van der Waals surface area contributed by atoms with Crippen LogP contribution in [0.4, 0.5) is 0 Å². The first-order valence-electron chi connectivity index (χ1n) is 2.09. The van der Waals surface area contributed by atoms with E-state index < -0.39 is 0 Å². The Labute approximate surface area is 46.2 Å². The molecule has 0 aromatic rings. The van der Waals surface area contributed by atoms with Gasteiger partial charge in [0.1, 0.15) is 0 Å². The minimum absolute atomic E-state index is 0.778.